The molecule has 0 spiro atoms. The molecule has 1 aliphatic heterocycles. The molecule has 3 aromatic rings. The number of hydrazone groups is 1. The fraction of sp³-hybridized carbons (Fsp3) is 0.350. The van der Waals surface area contributed by atoms with E-state index >= 15 is 0 Å². The number of nitrogens with zero attached hydrogens (tertiary/aromatic N) is 2. The zero-order chi connectivity index (χ0) is 18.3. The number of carbonyl (C=O) groups is 1. The van der Waals surface area contributed by atoms with Gasteiger partial charge in [0.05, 0.1) is 10.6 Å². The van der Waals surface area contributed by atoms with Crippen molar-refractivity contribution in [2.75, 3.05) is 0 Å². The fourth-order valence-corrected chi connectivity index (χ4v) is 4.27. The summed E-state index contributed by atoms with van der Waals surface area (Å²) >= 11 is 1.67. The number of aromatic nitrogens is 1. The summed E-state index contributed by atoms with van der Waals surface area (Å²) in [6.45, 7) is 6.24. The van der Waals surface area contributed by atoms with Crippen molar-refractivity contribution in [3.05, 3.63) is 40.8 Å². The normalized spacial score (nSPS) is 20.3. The number of benzene rings is 1. The third-order valence-corrected chi connectivity index (χ3v) is 5.88. The van der Waals surface area contributed by atoms with E-state index in [0.717, 1.165) is 40.1 Å². The number of amides is 1. The van der Waals surface area contributed by atoms with Crippen LogP contribution in [0.4, 0.5) is 0 Å². The maximum Gasteiger partial charge on any atom is 0.243 e. The van der Waals surface area contributed by atoms with Crippen molar-refractivity contribution in [1.82, 2.24) is 10.4 Å². The van der Waals surface area contributed by atoms with E-state index < -0.39 is 0 Å². The first-order valence-electron chi connectivity index (χ1n) is 8.92. The van der Waals surface area contributed by atoms with Gasteiger partial charge in [-0.25, -0.2) is 10.4 Å². The Labute approximate surface area is 156 Å². The van der Waals surface area contributed by atoms with Crippen molar-refractivity contribution in [3.8, 4) is 10.8 Å². The number of rotatable bonds is 4. The number of fused-ring (bicyclic) bond motifs is 1. The van der Waals surface area contributed by atoms with Gasteiger partial charge >= 0.3 is 0 Å². The molecule has 2 atom stereocenters. The van der Waals surface area contributed by atoms with Crippen LogP contribution in [0.25, 0.3) is 21.9 Å². The van der Waals surface area contributed by atoms with Crippen molar-refractivity contribution in [2.24, 2.45) is 16.9 Å². The largest absolute Gasteiger partial charge is 0.435 e. The summed E-state index contributed by atoms with van der Waals surface area (Å²) in [5, 5.41) is 4.33. The van der Waals surface area contributed by atoms with Crippen LogP contribution in [0.15, 0.2) is 39.9 Å². The molecule has 0 saturated heterocycles. The number of aryl methyl sites for hydroxylation is 1. The van der Waals surface area contributed by atoms with Gasteiger partial charge in [0.15, 0.2) is 5.58 Å². The topological polar surface area (TPSA) is 67.5 Å². The van der Waals surface area contributed by atoms with Gasteiger partial charge in [-0.2, -0.15) is 5.10 Å². The molecule has 134 valence electrons. The number of hydrogen-bond acceptors (Lipinski definition) is 5. The third kappa shape index (κ3) is 2.94. The molecule has 5 nitrogen and oxygen atoms in total. The van der Waals surface area contributed by atoms with E-state index in [-0.39, 0.29) is 17.7 Å². The molecule has 1 amide bonds. The molecule has 1 aliphatic rings. The number of oxazole rings is 1. The van der Waals surface area contributed by atoms with Crippen LogP contribution < -0.4 is 5.43 Å². The van der Waals surface area contributed by atoms with Crippen molar-refractivity contribution >= 4 is 34.1 Å². The maximum absolute atomic E-state index is 12.1. The highest BCUT2D eigenvalue weighted by atomic mass is 32.1. The first kappa shape index (κ1) is 17.0. The van der Waals surface area contributed by atoms with E-state index in [0.29, 0.717) is 5.89 Å². The van der Waals surface area contributed by atoms with Crippen LogP contribution in [0.3, 0.4) is 0 Å². The lowest BCUT2D eigenvalue weighted by Crippen LogP contribution is -2.40. The third-order valence-electron chi connectivity index (χ3n) is 4.89. The first-order valence-corrected chi connectivity index (χ1v) is 9.73. The van der Waals surface area contributed by atoms with Gasteiger partial charge in [0.25, 0.3) is 0 Å². The lowest BCUT2D eigenvalue weighted by Gasteiger charge is -2.27. The van der Waals surface area contributed by atoms with E-state index in [1.165, 1.54) is 4.88 Å². The first-order chi connectivity index (χ1) is 12.6. The number of nitrogens with one attached hydrogen (secondary N) is 1. The smallest absolute Gasteiger partial charge is 0.243 e. The second-order valence-electron chi connectivity index (χ2n) is 6.77. The van der Waals surface area contributed by atoms with E-state index in [9.17, 15) is 4.79 Å². The molecule has 26 heavy (non-hydrogen) atoms. The Hall–Kier alpha value is -2.47. The van der Waals surface area contributed by atoms with Crippen LogP contribution in [0.5, 0.6) is 0 Å². The highest BCUT2D eigenvalue weighted by Crippen LogP contribution is 2.31. The lowest BCUT2D eigenvalue weighted by molar-refractivity contribution is -0.126. The molecule has 0 saturated carbocycles. The van der Waals surface area contributed by atoms with Gasteiger partial charge < -0.3 is 4.42 Å². The molecule has 4 rings (SSSR count). The second-order valence-corrected chi connectivity index (χ2v) is 8.06. The Morgan fingerprint density at radius 2 is 2.12 bits per heavy atom. The van der Waals surface area contributed by atoms with Crippen molar-refractivity contribution < 1.29 is 9.21 Å². The van der Waals surface area contributed by atoms with Gasteiger partial charge in [-0.05, 0) is 37.6 Å². The van der Waals surface area contributed by atoms with Crippen LogP contribution >= 0.6 is 11.3 Å². The molecular formula is C20H21N3O2S. The summed E-state index contributed by atoms with van der Waals surface area (Å²) in [6.07, 6.45) is 1.83. The monoisotopic (exact) mass is 367 g/mol. The molecule has 0 fully saturated rings. The molecule has 0 bridgehead atoms. The van der Waals surface area contributed by atoms with E-state index in [4.69, 9.17) is 4.42 Å². The van der Waals surface area contributed by atoms with Gasteiger partial charge in [0, 0.05) is 22.3 Å². The van der Waals surface area contributed by atoms with Crippen LogP contribution in [-0.2, 0) is 4.79 Å². The van der Waals surface area contributed by atoms with Crippen molar-refractivity contribution in [3.63, 3.8) is 0 Å². The van der Waals surface area contributed by atoms with Crippen LogP contribution in [0.1, 0.15) is 37.1 Å². The molecule has 6 heteroatoms. The zero-order valence-corrected chi connectivity index (χ0v) is 15.9. The zero-order valence-electron chi connectivity index (χ0n) is 15.1. The van der Waals surface area contributed by atoms with Crippen LogP contribution in [0, 0.1) is 18.8 Å². The minimum atomic E-state index is -0.0393. The van der Waals surface area contributed by atoms with Gasteiger partial charge in [0.1, 0.15) is 5.52 Å². The quantitative estimate of drug-likeness (QED) is 0.723. The number of thiophene rings is 1. The highest BCUT2D eigenvalue weighted by molar-refractivity contribution is 7.15. The van der Waals surface area contributed by atoms with E-state index in [1.807, 2.05) is 24.3 Å². The standard InChI is InChI=1S/C20H21N3O2S/c1-4-5-14-12(3)18(22-23-19(14)24)13-7-8-15-16(10-13)25-20(21-15)17-9-6-11(2)26-17/h6-10,12,14H,4-5H2,1-3H3,(H,23,24)/t12-,14-/m1/s1. The van der Waals surface area contributed by atoms with Gasteiger partial charge in [-0.1, -0.05) is 26.3 Å². The molecule has 1 aromatic carbocycles. The predicted octanol–water partition coefficient (Wildman–Crippen LogP) is 4.75. The number of carbonyl (C=O) groups excluding carboxylic acids is 1. The van der Waals surface area contributed by atoms with Crippen molar-refractivity contribution in [2.45, 2.75) is 33.6 Å². The number of hydrogen-bond donors (Lipinski definition) is 1. The van der Waals surface area contributed by atoms with Gasteiger partial charge in [-0.15, -0.1) is 11.3 Å². The van der Waals surface area contributed by atoms with Gasteiger partial charge in [0.2, 0.25) is 11.8 Å². The summed E-state index contributed by atoms with van der Waals surface area (Å²) in [5.74, 6) is 0.691. The minimum Gasteiger partial charge on any atom is -0.435 e. The maximum atomic E-state index is 12.1. The predicted molar refractivity (Wildman–Crippen MR) is 104 cm³/mol. The average Bonchev–Trinajstić information content (AvgIpc) is 3.24. The second kappa shape index (κ2) is 6.68. The minimum absolute atomic E-state index is 0.0131. The SMILES string of the molecule is CCC[C@H]1C(=O)NN=C(c2ccc3nc(-c4ccc(C)s4)oc3c2)[C@@H]1C. The molecule has 3 heterocycles. The van der Waals surface area contributed by atoms with Gasteiger partial charge in [-0.3, -0.25) is 4.79 Å². The van der Waals surface area contributed by atoms with Crippen molar-refractivity contribution in [1.29, 1.82) is 0 Å². The summed E-state index contributed by atoms with van der Waals surface area (Å²) in [4.78, 5) is 18.9. The molecule has 0 unspecified atom stereocenters. The summed E-state index contributed by atoms with van der Waals surface area (Å²) in [5.41, 5.74) is 6.11. The molecule has 2 aromatic heterocycles. The Bertz CT molecular complexity index is 1000. The lowest BCUT2D eigenvalue weighted by atomic mass is 9.82. The summed E-state index contributed by atoms with van der Waals surface area (Å²) < 4.78 is 5.99. The molecular weight excluding hydrogens is 346 g/mol. The average molecular weight is 367 g/mol. The Kier molecular flexibility index (Phi) is 4.36. The van der Waals surface area contributed by atoms with Crippen LogP contribution in [0.2, 0.25) is 0 Å². The molecule has 0 radical (unpaired) electrons. The Morgan fingerprint density at radius 1 is 1.27 bits per heavy atom. The highest BCUT2D eigenvalue weighted by Gasteiger charge is 2.32. The Balaban J connectivity index is 1.70. The summed E-state index contributed by atoms with van der Waals surface area (Å²) in [7, 11) is 0. The van der Waals surface area contributed by atoms with E-state index in [2.05, 4.69) is 42.3 Å². The summed E-state index contributed by atoms with van der Waals surface area (Å²) in [6, 6.07) is 10.0. The molecule has 0 aliphatic carbocycles. The van der Waals surface area contributed by atoms with E-state index in [1.54, 1.807) is 11.3 Å². The Morgan fingerprint density at radius 3 is 2.85 bits per heavy atom. The fourth-order valence-electron chi connectivity index (χ4n) is 3.48. The molecule has 1 N–H and O–H groups in total. The van der Waals surface area contributed by atoms with Crippen LogP contribution in [-0.4, -0.2) is 16.6 Å².